The van der Waals surface area contributed by atoms with Crippen molar-refractivity contribution >= 4 is 19.2 Å². The van der Waals surface area contributed by atoms with Gasteiger partial charge in [-0.2, -0.15) is 0 Å². The van der Waals surface area contributed by atoms with E-state index in [1.54, 1.807) is 7.11 Å². The van der Waals surface area contributed by atoms with Gasteiger partial charge in [-0.15, -0.1) is 0 Å². The minimum atomic E-state index is -3.81. The maximum atomic E-state index is 11.8. The number of ether oxygens (including phenoxy) is 1. The Hall–Kier alpha value is -1.80. The Kier molecular flexibility index (Phi) is 8.87. The van der Waals surface area contributed by atoms with E-state index in [0.717, 1.165) is 0 Å². The highest BCUT2D eigenvalue weighted by molar-refractivity contribution is 7.52. The number of benzene rings is 1. The average molecular weight is 388 g/mol. The summed E-state index contributed by atoms with van der Waals surface area (Å²) in [5.74, 6) is -0.155. The zero-order valence-electron chi connectivity index (χ0n) is 15.1. The minimum Gasteiger partial charge on any atom is -0.385 e. The zero-order chi connectivity index (χ0) is 19.7. The van der Waals surface area contributed by atoms with E-state index in [0.29, 0.717) is 25.0 Å². The third-order valence-corrected chi connectivity index (χ3v) is 5.14. The van der Waals surface area contributed by atoms with Gasteiger partial charge in [-0.25, -0.2) is 0 Å². The van der Waals surface area contributed by atoms with E-state index in [4.69, 9.17) is 9.26 Å². The summed E-state index contributed by atoms with van der Waals surface area (Å²) < 4.78 is 21.8. The van der Waals surface area contributed by atoms with Crippen LogP contribution in [0.2, 0.25) is 0 Å². The summed E-state index contributed by atoms with van der Waals surface area (Å²) in [6.45, 7) is 3.65. The number of hydrogen-bond donors (Lipinski definition) is 2. The van der Waals surface area contributed by atoms with Crippen LogP contribution in [0.4, 0.5) is 5.69 Å². The van der Waals surface area contributed by atoms with Gasteiger partial charge in [0, 0.05) is 38.9 Å². The second kappa shape index (κ2) is 10.4. The Bertz CT molecular complexity index is 681. The summed E-state index contributed by atoms with van der Waals surface area (Å²) in [7, 11) is -2.25. The molecule has 26 heavy (non-hydrogen) atoms. The maximum absolute atomic E-state index is 11.8. The number of nitrogens with zero attached hydrogens (tertiary/aromatic N) is 1. The van der Waals surface area contributed by atoms with Gasteiger partial charge < -0.3 is 19.5 Å². The van der Waals surface area contributed by atoms with Gasteiger partial charge in [-0.1, -0.05) is 13.0 Å². The number of methoxy groups -OCH3 is 1. The van der Waals surface area contributed by atoms with Crippen LogP contribution in [0.15, 0.2) is 18.2 Å². The van der Waals surface area contributed by atoms with Crippen LogP contribution in [0.1, 0.15) is 43.9 Å². The molecule has 0 saturated heterocycles. The fourth-order valence-corrected chi connectivity index (χ4v) is 3.01. The van der Waals surface area contributed by atoms with Crippen LogP contribution >= 0.6 is 7.60 Å². The lowest BCUT2D eigenvalue weighted by Gasteiger charge is -2.18. The van der Waals surface area contributed by atoms with Crippen molar-refractivity contribution in [2.24, 2.45) is 0 Å². The molecule has 0 heterocycles. The van der Waals surface area contributed by atoms with Crippen LogP contribution < -0.4 is 5.32 Å². The van der Waals surface area contributed by atoms with Crippen LogP contribution in [0.5, 0.6) is 0 Å². The van der Waals surface area contributed by atoms with Gasteiger partial charge in [-0.3, -0.25) is 19.5 Å². The van der Waals surface area contributed by atoms with E-state index >= 15 is 0 Å². The topological polar surface area (TPSA) is 128 Å². The van der Waals surface area contributed by atoms with E-state index in [9.17, 15) is 24.4 Å². The van der Waals surface area contributed by atoms with Crippen LogP contribution in [-0.2, 0) is 25.2 Å². The number of hydrogen-bond acceptors (Lipinski definition) is 6. The fourth-order valence-electron chi connectivity index (χ4n) is 2.25. The van der Waals surface area contributed by atoms with E-state index in [-0.39, 0.29) is 29.9 Å². The molecule has 0 aliphatic rings. The molecule has 0 saturated carbocycles. The molecule has 10 heteroatoms. The number of carbonyl (C=O) groups is 1. The monoisotopic (exact) mass is 388 g/mol. The van der Waals surface area contributed by atoms with Crippen molar-refractivity contribution in [3.8, 4) is 0 Å². The molecule has 1 rings (SSSR count). The summed E-state index contributed by atoms with van der Waals surface area (Å²) >= 11 is 0. The molecule has 9 nitrogen and oxygen atoms in total. The smallest absolute Gasteiger partial charge is 0.328 e. The van der Waals surface area contributed by atoms with Gasteiger partial charge in [0.2, 0.25) is 5.91 Å². The standard InChI is InChI=1S/C16H25N2O7P/c1-4-26(22,23)25-12(2)14-10-13(7-8-15(14)18(20)21)11-17-16(19)6-5-9-24-3/h7-8,10,12H,4-6,9,11H2,1-3H3,(H,17,19)(H,22,23). The predicted molar refractivity (Wildman–Crippen MR) is 95.9 cm³/mol. The Morgan fingerprint density at radius 1 is 1.46 bits per heavy atom. The highest BCUT2D eigenvalue weighted by Gasteiger charge is 2.26. The number of rotatable bonds is 11. The van der Waals surface area contributed by atoms with Crippen molar-refractivity contribution < 1.29 is 28.4 Å². The van der Waals surface area contributed by atoms with Gasteiger partial charge in [0.25, 0.3) is 5.69 Å². The van der Waals surface area contributed by atoms with Crippen LogP contribution in [0, 0.1) is 10.1 Å². The molecule has 0 aromatic heterocycles. The van der Waals surface area contributed by atoms with E-state index in [1.165, 1.54) is 32.0 Å². The largest absolute Gasteiger partial charge is 0.385 e. The zero-order valence-corrected chi connectivity index (χ0v) is 16.0. The van der Waals surface area contributed by atoms with Gasteiger partial charge in [0.15, 0.2) is 0 Å². The first-order valence-corrected chi connectivity index (χ1v) is 9.99. The van der Waals surface area contributed by atoms with Crippen LogP contribution in [-0.4, -0.2) is 35.6 Å². The van der Waals surface area contributed by atoms with E-state index < -0.39 is 18.6 Å². The van der Waals surface area contributed by atoms with Crippen molar-refractivity contribution in [3.05, 3.63) is 39.4 Å². The summed E-state index contributed by atoms with van der Waals surface area (Å²) in [6.07, 6.45) is -0.120. The van der Waals surface area contributed by atoms with E-state index in [1.807, 2.05) is 0 Å². The highest BCUT2D eigenvalue weighted by Crippen LogP contribution is 2.47. The molecule has 0 fully saturated rings. The first kappa shape index (κ1) is 22.2. The molecule has 0 radical (unpaired) electrons. The number of nitro groups is 1. The number of amides is 1. The van der Waals surface area contributed by atoms with Crippen molar-refractivity contribution in [2.75, 3.05) is 19.9 Å². The second-order valence-corrected chi connectivity index (χ2v) is 7.84. The molecule has 0 bridgehead atoms. The number of nitro benzene ring substituents is 1. The molecule has 2 N–H and O–H groups in total. The first-order chi connectivity index (χ1) is 12.2. The first-order valence-electron chi connectivity index (χ1n) is 8.23. The average Bonchev–Trinajstić information content (AvgIpc) is 2.59. The predicted octanol–water partition coefficient (Wildman–Crippen LogP) is 2.92. The Labute approximate surface area is 152 Å². The summed E-state index contributed by atoms with van der Waals surface area (Å²) in [4.78, 5) is 32.0. The van der Waals surface area contributed by atoms with Crippen molar-refractivity contribution in [2.45, 2.75) is 39.3 Å². The molecular weight excluding hydrogens is 363 g/mol. The number of carbonyl (C=O) groups excluding carboxylic acids is 1. The van der Waals surface area contributed by atoms with Crippen molar-refractivity contribution in [1.82, 2.24) is 5.32 Å². The normalized spacial score (nSPS) is 14.5. The van der Waals surface area contributed by atoms with Crippen molar-refractivity contribution in [1.29, 1.82) is 0 Å². The highest BCUT2D eigenvalue weighted by atomic mass is 31.2. The Morgan fingerprint density at radius 3 is 2.73 bits per heavy atom. The second-order valence-electron chi connectivity index (χ2n) is 5.72. The molecule has 1 aromatic carbocycles. The van der Waals surface area contributed by atoms with Crippen molar-refractivity contribution in [3.63, 3.8) is 0 Å². The SMILES string of the molecule is CCP(=O)(O)OC(C)c1cc(CNC(=O)CCCOC)ccc1[N+](=O)[O-]. The lowest BCUT2D eigenvalue weighted by Crippen LogP contribution is -2.23. The van der Waals surface area contributed by atoms with Gasteiger partial charge in [0.1, 0.15) is 0 Å². The molecule has 0 aliphatic carbocycles. The molecule has 0 aliphatic heterocycles. The maximum Gasteiger partial charge on any atom is 0.328 e. The molecule has 0 spiro atoms. The molecule has 2 atom stereocenters. The van der Waals surface area contributed by atoms with Gasteiger partial charge in [-0.05, 0) is 25.0 Å². The molecule has 2 unspecified atom stereocenters. The van der Waals surface area contributed by atoms with E-state index in [2.05, 4.69) is 5.32 Å². The molecule has 1 aromatic rings. The third-order valence-electron chi connectivity index (χ3n) is 3.69. The summed E-state index contributed by atoms with van der Waals surface area (Å²) in [5, 5.41) is 13.9. The lowest BCUT2D eigenvalue weighted by atomic mass is 10.0. The minimum absolute atomic E-state index is 0.0949. The fraction of sp³-hybridized carbons (Fsp3) is 0.562. The van der Waals surface area contributed by atoms with Gasteiger partial charge >= 0.3 is 7.60 Å². The van der Waals surface area contributed by atoms with Crippen LogP contribution in [0.3, 0.4) is 0 Å². The summed E-state index contributed by atoms with van der Waals surface area (Å²) in [6, 6.07) is 4.34. The lowest BCUT2D eigenvalue weighted by molar-refractivity contribution is -0.386. The Balaban J connectivity index is 2.88. The quantitative estimate of drug-likeness (QED) is 0.258. The Morgan fingerprint density at radius 2 is 2.15 bits per heavy atom. The molecule has 1 amide bonds. The third kappa shape index (κ3) is 7.21. The number of nitrogens with one attached hydrogen (secondary N) is 1. The molecular formula is C16H25N2O7P. The van der Waals surface area contributed by atoms with Crippen LogP contribution in [0.25, 0.3) is 0 Å². The summed E-state index contributed by atoms with van der Waals surface area (Å²) in [5.41, 5.74) is 0.609. The van der Waals surface area contributed by atoms with Gasteiger partial charge in [0.05, 0.1) is 16.6 Å². The molecule has 146 valence electrons.